The second-order valence-corrected chi connectivity index (χ2v) is 4.55. The number of carbonyl (C=O) groups excluding carboxylic acids is 1. The van der Waals surface area contributed by atoms with E-state index in [0.717, 1.165) is 17.1 Å². The lowest BCUT2D eigenvalue weighted by atomic mass is 10.2. The molecule has 0 aromatic heterocycles. The number of carbonyl (C=O) groups is 1. The number of rotatable bonds is 3. The van der Waals surface area contributed by atoms with E-state index in [2.05, 4.69) is 10.6 Å². The third-order valence-corrected chi connectivity index (χ3v) is 2.71. The first kappa shape index (κ1) is 13.2. The molecule has 98 valence electrons. The number of amides is 1. The molecule has 0 heterocycles. The summed E-state index contributed by atoms with van der Waals surface area (Å²) in [5, 5.41) is 6.49. The molecular weight excluding hydrogens is 262 g/mol. The van der Waals surface area contributed by atoms with Gasteiger partial charge in [-0.1, -0.05) is 17.7 Å². The Labute approximate surface area is 116 Å². The summed E-state index contributed by atoms with van der Waals surface area (Å²) in [6, 6.07) is 12.6. The summed E-state index contributed by atoms with van der Waals surface area (Å²) < 4.78 is 0. The Morgan fingerprint density at radius 3 is 2.58 bits per heavy atom. The fraction of sp³-hybridized carbons (Fsp3) is 0.0714. The second kappa shape index (κ2) is 5.63. The third kappa shape index (κ3) is 3.63. The van der Waals surface area contributed by atoms with E-state index in [-0.39, 0.29) is 5.91 Å². The molecule has 0 radical (unpaired) electrons. The van der Waals surface area contributed by atoms with Crippen molar-refractivity contribution in [1.82, 2.24) is 0 Å². The zero-order valence-electron chi connectivity index (χ0n) is 10.4. The van der Waals surface area contributed by atoms with Crippen LogP contribution in [0.3, 0.4) is 0 Å². The molecule has 2 aromatic rings. The summed E-state index contributed by atoms with van der Waals surface area (Å²) in [7, 11) is 0. The lowest BCUT2D eigenvalue weighted by Gasteiger charge is -2.11. The summed E-state index contributed by atoms with van der Waals surface area (Å²) in [6.07, 6.45) is 0. The van der Waals surface area contributed by atoms with E-state index in [0.29, 0.717) is 10.7 Å². The minimum absolute atomic E-state index is 0.108. The Morgan fingerprint density at radius 2 is 1.89 bits per heavy atom. The van der Waals surface area contributed by atoms with Gasteiger partial charge in [-0.15, -0.1) is 0 Å². The molecule has 0 aliphatic carbocycles. The molecule has 0 saturated carbocycles. The van der Waals surface area contributed by atoms with Crippen LogP contribution in [0.15, 0.2) is 42.5 Å². The summed E-state index contributed by atoms with van der Waals surface area (Å²) in [6.45, 7) is 1.47. The predicted octanol–water partition coefficient (Wildman–Crippen LogP) is 3.62. The summed E-state index contributed by atoms with van der Waals surface area (Å²) >= 11 is 5.85. The largest absolute Gasteiger partial charge is 0.397 e. The molecule has 0 saturated heterocycles. The number of hydrogen-bond acceptors (Lipinski definition) is 3. The van der Waals surface area contributed by atoms with Gasteiger partial charge in [0, 0.05) is 23.3 Å². The molecule has 4 nitrogen and oxygen atoms in total. The zero-order chi connectivity index (χ0) is 13.8. The highest BCUT2D eigenvalue weighted by atomic mass is 35.5. The number of nitrogens with one attached hydrogen (secondary N) is 2. The lowest BCUT2D eigenvalue weighted by Crippen LogP contribution is -2.05. The smallest absolute Gasteiger partial charge is 0.221 e. The van der Waals surface area contributed by atoms with Crippen molar-refractivity contribution >= 4 is 40.3 Å². The van der Waals surface area contributed by atoms with E-state index < -0.39 is 0 Å². The van der Waals surface area contributed by atoms with E-state index in [1.165, 1.54) is 6.92 Å². The number of halogens is 1. The molecule has 19 heavy (non-hydrogen) atoms. The van der Waals surface area contributed by atoms with Crippen molar-refractivity contribution in [3.05, 3.63) is 47.5 Å². The maximum Gasteiger partial charge on any atom is 0.221 e. The fourth-order valence-electron chi connectivity index (χ4n) is 1.68. The highest BCUT2D eigenvalue weighted by Gasteiger charge is 2.02. The van der Waals surface area contributed by atoms with Gasteiger partial charge in [0.2, 0.25) is 5.91 Å². The SMILES string of the molecule is CC(=O)Nc1cccc(Nc2ccc(Cl)cc2N)c1. The lowest BCUT2D eigenvalue weighted by molar-refractivity contribution is -0.114. The highest BCUT2D eigenvalue weighted by molar-refractivity contribution is 6.31. The van der Waals surface area contributed by atoms with Crippen LogP contribution in [-0.4, -0.2) is 5.91 Å². The monoisotopic (exact) mass is 275 g/mol. The van der Waals surface area contributed by atoms with Crippen LogP contribution in [0.5, 0.6) is 0 Å². The molecule has 2 rings (SSSR count). The van der Waals surface area contributed by atoms with Gasteiger partial charge in [0.25, 0.3) is 0 Å². The number of benzene rings is 2. The van der Waals surface area contributed by atoms with Crippen LogP contribution in [0, 0.1) is 0 Å². The minimum atomic E-state index is -0.108. The van der Waals surface area contributed by atoms with Crippen LogP contribution >= 0.6 is 11.6 Å². The van der Waals surface area contributed by atoms with E-state index in [9.17, 15) is 4.79 Å². The summed E-state index contributed by atoms with van der Waals surface area (Å²) in [5.41, 5.74) is 8.77. The molecule has 4 N–H and O–H groups in total. The van der Waals surface area contributed by atoms with E-state index in [4.69, 9.17) is 17.3 Å². The fourth-order valence-corrected chi connectivity index (χ4v) is 1.86. The number of nitrogens with two attached hydrogens (primary N) is 1. The molecule has 1 amide bonds. The highest BCUT2D eigenvalue weighted by Crippen LogP contribution is 2.27. The van der Waals surface area contributed by atoms with E-state index in [1.54, 1.807) is 12.1 Å². The summed E-state index contributed by atoms with van der Waals surface area (Å²) in [4.78, 5) is 11.0. The van der Waals surface area contributed by atoms with E-state index >= 15 is 0 Å². The Kier molecular flexibility index (Phi) is 3.92. The van der Waals surface area contributed by atoms with Gasteiger partial charge < -0.3 is 16.4 Å². The van der Waals surface area contributed by atoms with Gasteiger partial charge in [0.05, 0.1) is 11.4 Å². The van der Waals surface area contributed by atoms with Crippen molar-refractivity contribution in [3.8, 4) is 0 Å². The van der Waals surface area contributed by atoms with Gasteiger partial charge in [-0.2, -0.15) is 0 Å². The average molecular weight is 276 g/mol. The van der Waals surface area contributed by atoms with Gasteiger partial charge in [-0.05, 0) is 36.4 Å². The first-order chi connectivity index (χ1) is 9.04. The topological polar surface area (TPSA) is 67.2 Å². The van der Waals surface area contributed by atoms with Gasteiger partial charge in [-0.3, -0.25) is 4.79 Å². The molecule has 2 aromatic carbocycles. The molecular formula is C14H14ClN3O. The molecule has 0 fully saturated rings. The molecule has 5 heteroatoms. The van der Waals surface area contributed by atoms with Crippen LogP contribution < -0.4 is 16.4 Å². The Balaban J connectivity index is 2.21. The first-order valence-electron chi connectivity index (χ1n) is 5.74. The summed E-state index contributed by atoms with van der Waals surface area (Å²) in [5.74, 6) is -0.108. The first-order valence-corrected chi connectivity index (χ1v) is 6.12. The number of hydrogen-bond donors (Lipinski definition) is 3. The van der Waals surface area contributed by atoms with Crippen LogP contribution in [0.4, 0.5) is 22.7 Å². The van der Waals surface area contributed by atoms with Gasteiger partial charge in [-0.25, -0.2) is 0 Å². The van der Waals surface area contributed by atoms with Crippen molar-refractivity contribution in [1.29, 1.82) is 0 Å². The second-order valence-electron chi connectivity index (χ2n) is 4.12. The van der Waals surface area contributed by atoms with Crippen molar-refractivity contribution in [2.75, 3.05) is 16.4 Å². The molecule has 0 spiro atoms. The number of anilines is 4. The molecule has 0 aliphatic rings. The third-order valence-electron chi connectivity index (χ3n) is 2.48. The normalized spacial score (nSPS) is 10.0. The molecule has 0 atom stereocenters. The van der Waals surface area contributed by atoms with Crippen LogP contribution in [0.2, 0.25) is 5.02 Å². The molecule has 0 unspecified atom stereocenters. The molecule has 0 bridgehead atoms. The standard InChI is InChI=1S/C14H14ClN3O/c1-9(19)17-11-3-2-4-12(8-11)18-14-6-5-10(15)7-13(14)16/h2-8,18H,16H2,1H3,(H,17,19). The number of nitrogen functional groups attached to an aromatic ring is 1. The van der Waals surface area contributed by atoms with Crippen molar-refractivity contribution in [2.24, 2.45) is 0 Å². The quantitative estimate of drug-likeness (QED) is 0.750. The Morgan fingerprint density at radius 1 is 1.16 bits per heavy atom. The van der Waals surface area contributed by atoms with Crippen LogP contribution in [-0.2, 0) is 4.79 Å². The Bertz CT molecular complexity index is 613. The van der Waals surface area contributed by atoms with Gasteiger partial charge in [0.15, 0.2) is 0 Å². The van der Waals surface area contributed by atoms with Gasteiger partial charge >= 0.3 is 0 Å². The maximum absolute atomic E-state index is 11.0. The van der Waals surface area contributed by atoms with Crippen LogP contribution in [0.1, 0.15) is 6.92 Å². The van der Waals surface area contributed by atoms with Crippen molar-refractivity contribution in [3.63, 3.8) is 0 Å². The average Bonchev–Trinajstić information content (AvgIpc) is 2.32. The zero-order valence-corrected chi connectivity index (χ0v) is 11.2. The van der Waals surface area contributed by atoms with E-state index in [1.807, 2.05) is 30.3 Å². The predicted molar refractivity (Wildman–Crippen MR) is 79.9 cm³/mol. The Hall–Kier alpha value is -2.20. The van der Waals surface area contributed by atoms with Crippen LogP contribution in [0.25, 0.3) is 0 Å². The molecule has 0 aliphatic heterocycles. The minimum Gasteiger partial charge on any atom is -0.397 e. The van der Waals surface area contributed by atoms with Gasteiger partial charge in [0.1, 0.15) is 0 Å². The maximum atomic E-state index is 11.0. The van der Waals surface area contributed by atoms with Crippen molar-refractivity contribution < 1.29 is 4.79 Å². The van der Waals surface area contributed by atoms with Crippen molar-refractivity contribution in [2.45, 2.75) is 6.92 Å².